The van der Waals surface area contributed by atoms with E-state index >= 15 is 0 Å². The summed E-state index contributed by atoms with van der Waals surface area (Å²) in [6, 6.07) is 8.84. The van der Waals surface area contributed by atoms with Crippen LogP contribution in [0.5, 0.6) is 0 Å². The second-order valence-corrected chi connectivity index (χ2v) is 4.73. The minimum absolute atomic E-state index is 0.0534. The molecular weight excluding hydrogens is 320 g/mol. The first-order chi connectivity index (χ1) is 8.58. The lowest BCUT2D eigenvalue weighted by molar-refractivity contribution is 0.0696. The summed E-state index contributed by atoms with van der Waals surface area (Å²) in [6.07, 6.45) is 1.26. The zero-order valence-electron chi connectivity index (χ0n) is 9.02. The number of para-hydroxylation sites is 1. The standard InChI is InChI=1S/C12H8BrClN2O2/c13-8-3-1-2-4-10(8)16-11-9(14)5-7(6-15-11)12(17)18/h1-6H,(H,15,16)(H,17,18). The van der Waals surface area contributed by atoms with E-state index < -0.39 is 5.97 Å². The van der Waals surface area contributed by atoms with Gasteiger partial charge in [-0.15, -0.1) is 0 Å². The van der Waals surface area contributed by atoms with Crippen LogP contribution in [-0.4, -0.2) is 16.1 Å². The molecule has 4 nitrogen and oxygen atoms in total. The second-order valence-electron chi connectivity index (χ2n) is 3.46. The van der Waals surface area contributed by atoms with Crippen LogP contribution in [-0.2, 0) is 0 Å². The van der Waals surface area contributed by atoms with Crippen molar-refractivity contribution in [2.75, 3.05) is 5.32 Å². The van der Waals surface area contributed by atoms with Gasteiger partial charge in [0.2, 0.25) is 0 Å². The Bertz CT molecular complexity index is 604. The maximum absolute atomic E-state index is 10.8. The molecule has 0 amide bonds. The Kier molecular flexibility index (Phi) is 3.84. The number of halogens is 2. The number of hydrogen-bond acceptors (Lipinski definition) is 3. The molecule has 2 rings (SSSR count). The molecule has 0 aliphatic heterocycles. The summed E-state index contributed by atoms with van der Waals surface area (Å²) in [5, 5.41) is 12.1. The number of benzene rings is 1. The molecule has 0 aliphatic carbocycles. The topological polar surface area (TPSA) is 62.2 Å². The van der Waals surface area contributed by atoms with E-state index in [4.69, 9.17) is 16.7 Å². The number of carboxylic acid groups (broad SMARTS) is 1. The number of carboxylic acids is 1. The Balaban J connectivity index is 2.30. The zero-order chi connectivity index (χ0) is 13.1. The highest BCUT2D eigenvalue weighted by Gasteiger charge is 2.09. The van der Waals surface area contributed by atoms with Gasteiger partial charge in [-0.3, -0.25) is 0 Å². The van der Waals surface area contributed by atoms with E-state index in [1.54, 1.807) is 0 Å². The van der Waals surface area contributed by atoms with Gasteiger partial charge in [0, 0.05) is 10.7 Å². The Hall–Kier alpha value is -1.59. The fourth-order valence-electron chi connectivity index (χ4n) is 1.34. The SMILES string of the molecule is O=C(O)c1cnc(Nc2ccccc2Br)c(Cl)c1. The largest absolute Gasteiger partial charge is 0.478 e. The lowest BCUT2D eigenvalue weighted by Crippen LogP contribution is -2.00. The highest BCUT2D eigenvalue weighted by molar-refractivity contribution is 9.10. The number of nitrogens with one attached hydrogen (secondary N) is 1. The molecule has 6 heteroatoms. The van der Waals surface area contributed by atoms with E-state index in [9.17, 15) is 4.79 Å². The van der Waals surface area contributed by atoms with E-state index in [1.165, 1.54) is 12.3 Å². The minimum Gasteiger partial charge on any atom is -0.478 e. The van der Waals surface area contributed by atoms with Crippen molar-refractivity contribution in [3.8, 4) is 0 Å². The number of rotatable bonds is 3. The predicted octanol–water partition coefficient (Wildman–Crippen LogP) is 3.94. The third-order valence-electron chi connectivity index (χ3n) is 2.22. The minimum atomic E-state index is -1.06. The zero-order valence-corrected chi connectivity index (χ0v) is 11.4. The van der Waals surface area contributed by atoms with Crippen LogP contribution >= 0.6 is 27.5 Å². The first-order valence-electron chi connectivity index (χ1n) is 4.98. The molecule has 92 valence electrons. The van der Waals surface area contributed by atoms with Gasteiger partial charge in [-0.05, 0) is 34.1 Å². The van der Waals surface area contributed by atoms with Crippen molar-refractivity contribution >= 4 is 45.0 Å². The molecule has 0 aliphatic rings. The average Bonchev–Trinajstić information content (AvgIpc) is 2.34. The van der Waals surface area contributed by atoms with Crippen LogP contribution in [0.2, 0.25) is 5.02 Å². The van der Waals surface area contributed by atoms with Gasteiger partial charge in [0.15, 0.2) is 0 Å². The molecule has 0 radical (unpaired) electrons. The molecule has 0 atom stereocenters. The van der Waals surface area contributed by atoms with E-state index in [2.05, 4.69) is 26.2 Å². The Labute approximate surface area is 117 Å². The van der Waals surface area contributed by atoms with Gasteiger partial charge >= 0.3 is 5.97 Å². The monoisotopic (exact) mass is 326 g/mol. The molecule has 0 unspecified atom stereocenters. The summed E-state index contributed by atoms with van der Waals surface area (Å²) in [6.45, 7) is 0. The van der Waals surface area contributed by atoms with Crippen molar-refractivity contribution in [2.24, 2.45) is 0 Å². The third kappa shape index (κ3) is 2.80. The van der Waals surface area contributed by atoms with E-state index in [-0.39, 0.29) is 10.6 Å². The number of carbonyl (C=O) groups is 1. The Morgan fingerprint density at radius 2 is 2.11 bits per heavy atom. The average molecular weight is 328 g/mol. The lowest BCUT2D eigenvalue weighted by Gasteiger charge is -2.09. The van der Waals surface area contributed by atoms with Crippen molar-refractivity contribution in [2.45, 2.75) is 0 Å². The molecule has 0 saturated heterocycles. The normalized spacial score (nSPS) is 10.1. The van der Waals surface area contributed by atoms with E-state index in [0.29, 0.717) is 5.82 Å². The number of pyridine rings is 1. The van der Waals surface area contributed by atoms with Crippen molar-refractivity contribution in [1.29, 1.82) is 0 Å². The first-order valence-corrected chi connectivity index (χ1v) is 6.15. The molecule has 1 aromatic carbocycles. The quantitative estimate of drug-likeness (QED) is 0.896. The molecule has 0 bridgehead atoms. The van der Waals surface area contributed by atoms with Crippen LogP contribution in [0.4, 0.5) is 11.5 Å². The van der Waals surface area contributed by atoms with Crippen molar-refractivity contribution in [1.82, 2.24) is 4.98 Å². The molecule has 18 heavy (non-hydrogen) atoms. The van der Waals surface area contributed by atoms with E-state index in [1.807, 2.05) is 24.3 Å². The lowest BCUT2D eigenvalue weighted by atomic mass is 10.3. The van der Waals surface area contributed by atoms with Gasteiger partial charge in [0.25, 0.3) is 0 Å². The Morgan fingerprint density at radius 3 is 2.72 bits per heavy atom. The van der Waals surface area contributed by atoms with Crippen LogP contribution in [0.15, 0.2) is 41.0 Å². The number of aromatic carboxylic acids is 1. The third-order valence-corrected chi connectivity index (χ3v) is 3.19. The van der Waals surface area contributed by atoms with E-state index in [0.717, 1.165) is 10.2 Å². The summed E-state index contributed by atoms with van der Waals surface area (Å²) < 4.78 is 0.866. The highest BCUT2D eigenvalue weighted by atomic mass is 79.9. The predicted molar refractivity (Wildman–Crippen MR) is 73.6 cm³/mol. The first kappa shape index (κ1) is 12.9. The summed E-state index contributed by atoms with van der Waals surface area (Å²) in [5.41, 5.74) is 0.854. The summed E-state index contributed by atoms with van der Waals surface area (Å²) in [7, 11) is 0. The van der Waals surface area contributed by atoms with Crippen LogP contribution in [0, 0.1) is 0 Å². The van der Waals surface area contributed by atoms with Crippen LogP contribution < -0.4 is 5.32 Å². The summed E-state index contributed by atoms with van der Waals surface area (Å²) in [4.78, 5) is 14.7. The van der Waals surface area contributed by atoms with Crippen LogP contribution in [0.3, 0.4) is 0 Å². The van der Waals surface area contributed by atoms with Gasteiger partial charge < -0.3 is 10.4 Å². The molecule has 1 heterocycles. The van der Waals surface area contributed by atoms with Crippen LogP contribution in [0.25, 0.3) is 0 Å². The number of hydrogen-bond donors (Lipinski definition) is 2. The molecular formula is C12H8BrClN2O2. The fourth-order valence-corrected chi connectivity index (χ4v) is 1.93. The van der Waals surface area contributed by atoms with Gasteiger partial charge in [-0.25, -0.2) is 9.78 Å². The summed E-state index contributed by atoms with van der Waals surface area (Å²) >= 11 is 9.36. The molecule has 0 fully saturated rings. The number of nitrogens with zero attached hydrogens (tertiary/aromatic N) is 1. The van der Waals surface area contributed by atoms with Crippen LogP contribution in [0.1, 0.15) is 10.4 Å². The van der Waals surface area contributed by atoms with Gasteiger partial charge in [-0.1, -0.05) is 23.7 Å². The maximum Gasteiger partial charge on any atom is 0.337 e. The number of aromatic nitrogens is 1. The van der Waals surface area contributed by atoms with Gasteiger partial charge in [-0.2, -0.15) is 0 Å². The van der Waals surface area contributed by atoms with Crippen molar-refractivity contribution in [3.63, 3.8) is 0 Å². The highest BCUT2D eigenvalue weighted by Crippen LogP contribution is 2.28. The second kappa shape index (κ2) is 5.37. The number of anilines is 2. The fraction of sp³-hybridized carbons (Fsp3) is 0. The van der Waals surface area contributed by atoms with Crippen molar-refractivity contribution < 1.29 is 9.90 Å². The van der Waals surface area contributed by atoms with Crippen molar-refractivity contribution in [3.05, 3.63) is 51.6 Å². The molecule has 2 N–H and O–H groups in total. The van der Waals surface area contributed by atoms with Gasteiger partial charge in [0.1, 0.15) is 5.82 Å². The maximum atomic E-state index is 10.8. The molecule has 2 aromatic rings. The smallest absolute Gasteiger partial charge is 0.337 e. The Morgan fingerprint density at radius 1 is 1.39 bits per heavy atom. The molecule has 0 saturated carbocycles. The van der Waals surface area contributed by atoms with Gasteiger partial charge in [0.05, 0.1) is 16.3 Å². The summed E-state index contributed by atoms with van der Waals surface area (Å²) in [5.74, 6) is -0.648. The molecule has 0 spiro atoms. The molecule has 1 aromatic heterocycles.